The summed E-state index contributed by atoms with van der Waals surface area (Å²) in [4.78, 5) is 11.5. The highest BCUT2D eigenvalue weighted by atomic mass is 16.5. The molecular formula is C13H19NO3. The van der Waals surface area contributed by atoms with Crippen LogP contribution in [0.15, 0.2) is 24.3 Å². The Morgan fingerprint density at radius 1 is 1.35 bits per heavy atom. The first-order valence-corrected chi connectivity index (χ1v) is 5.59. The Hall–Kier alpha value is -1.55. The van der Waals surface area contributed by atoms with Gasteiger partial charge in [0.2, 0.25) is 0 Å². The fraction of sp³-hybridized carbons (Fsp3) is 0.462. The van der Waals surface area contributed by atoms with Crippen LogP contribution in [0.2, 0.25) is 0 Å². The predicted molar refractivity (Wildman–Crippen MR) is 66.2 cm³/mol. The summed E-state index contributed by atoms with van der Waals surface area (Å²) in [6.45, 7) is 4.41. The molecule has 0 heterocycles. The van der Waals surface area contributed by atoms with Gasteiger partial charge in [-0.1, -0.05) is 17.7 Å². The van der Waals surface area contributed by atoms with E-state index in [0.717, 1.165) is 5.56 Å². The standard InChI is InChI=1S/C13H19NO3/c1-10-4-6-12(7-5-10)17-9-13(15)14-11(2)8-16-3/h4-7,11H,8-9H2,1-3H3,(H,14,15)/t11-/m1/s1. The second kappa shape index (κ2) is 6.91. The highest BCUT2D eigenvalue weighted by molar-refractivity contribution is 5.77. The third kappa shape index (κ3) is 5.36. The molecule has 1 atom stereocenters. The maximum Gasteiger partial charge on any atom is 0.258 e. The molecule has 0 bridgehead atoms. The average Bonchev–Trinajstić information content (AvgIpc) is 2.28. The van der Waals surface area contributed by atoms with Gasteiger partial charge in [0.25, 0.3) is 5.91 Å². The summed E-state index contributed by atoms with van der Waals surface area (Å²) in [6, 6.07) is 7.58. The Balaban J connectivity index is 2.30. The molecule has 94 valence electrons. The van der Waals surface area contributed by atoms with Crippen LogP contribution in [-0.4, -0.2) is 32.3 Å². The number of hydrogen-bond donors (Lipinski definition) is 1. The van der Waals surface area contributed by atoms with E-state index in [2.05, 4.69) is 5.32 Å². The third-order valence-corrected chi connectivity index (χ3v) is 2.21. The lowest BCUT2D eigenvalue weighted by molar-refractivity contribution is -0.124. The number of methoxy groups -OCH3 is 1. The largest absolute Gasteiger partial charge is 0.484 e. The predicted octanol–water partition coefficient (Wildman–Crippen LogP) is 1.52. The molecule has 17 heavy (non-hydrogen) atoms. The Bertz CT molecular complexity index is 348. The molecule has 0 radical (unpaired) electrons. The molecule has 0 unspecified atom stereocenters. The fourth-order valence-corrected chi connectivity index (χ4v) is 1.39. The maximum absolute atomic E-state index is 11.5. The quantitative estimate of drug-likeness (QED) is 0.816. The summed E-state index contributed by atoms with van der Waals surface area (Å²) in [6.07, 6.45) is 0. The summed E-state index contributed by atoms with van der Waals surface area (Å²) in [7, 11) is 1.60. The van der Waals surface area contributed by atoms with E-state index in [1.54, 1.807) is 7.11 Å². The maximum atomic E-state index is 11.5. The number of aryl methyl sites for hydroxylation is 1. The van der Waals surface area contributed by atoms with Crippen molar-refractivity contribution < 1.29 is 14.3 Å². The Kier molecular flexibility index (Phi) is 5.49. The smallest absolute Gasteiger partial charge is 0.258 e. The van der Waals surface area contributed by atoms with Gasteiger partial charge in [-0.3, -0.25) is 4.79 Å². The fourth-order valence-electron chi connectivity index (χ4n) is 1.39. The normalized spacial score (nSPS) is 11.9. The molecule has 0 saturated carbocycles. The zero-order valence-electron chi connectivity index (χ0n) is 10.5. The molecular weight excluding hydrogens is 218 g/mol. The summed E-state index contributed by atoms with van der Waals surface area (Å²) >= 11 is 0. The molecule has 0 fully saturated rings. The molecule has 0 spiro atoms. The first kappa shape index (κ1) is 13.5. The van der Waals surface area contributed by atoms with Gasteiger partial charge in [0, 0.05) is 13.2 Å². The van der Waals surface area contributed by atoms with Crippen molar-refractivity contribution in [3.8, 4) is 5.75 Å². The van der Waals surface area contributed by atoms with Crippen molar-refractivity contribution in [2.75, 3.05) is 20.3 Å². The topological polar surface area (TPSA) is 47.6 Å². The number of hydrogen-bond acceptors (Lipinski definition) is 3. The number of nitrogens with one attached hydrogen (secondary N) is 1. The number of benzene rings is 1. The van der Waals surface area contributed by atoms with Crippen molar-refractivity contribution in [1.82, 2.24) is 5.32 Å². The van der Waals surface area contributed by atoms with Crippen LogP contribution >= 0.6 is 0 Å². The monoisotopic (exact) mass is 237 g/mol. The molecule has 0 saturated heterocycles. The van der Waals surface area contributed by atoms with Crippen LogP contribution < -0.4 is 10.1 Å². The van der Waals surface area contributed by atoms with Crippen LogP contribution in [0, 0.1) is 6.92 Å². The highest BCUT2D eigenvalue weighted by Gasteiger charge is 2.07. The highest BCUT2D eigenvalue weighted by Crippen LogP contribution is 2.10. The second-order valence-electron chi connectivity index (χ2n) is 4.03. The summed E-state index contributed by atoms with van der Waals surface area (Å²) in [5, 5.41) is 2.77. The van der Waals surface area contributed by atoms with Crippen molar-refractivity contribution in [2.45, 2.75) is 19.9 Å². The molecule has 0 aliphatic heterocycles. The van der Waals surface area contributed by atoms with E-state index >= 15 is 0 Å². The van der Waals surface area contributed by atoms with E-state index in [-0.39, 0.29) is 18.6 Å². The average molecular weight is 237 g/mol. The van der Waals surface area contributed by atoms with Gasteiger partial charge >= 0.3 is 0 Å². The van der Waals surface area contributed by atoms with Gasteiger partial charge in [0.05, 0.1) is 6.61 Å². The van der Waals surface area contributed by atoms with Crippen LogP contribution in [0.1, 0.15) is 12.5 Å². The molecule has 0 aliphatic rings. The number of carbonyl (C=O) groups excluding carboxylic acids is 1. The van der Waals surface area contributed by atoms with E-state index < -0.39 is 0 Å². The van der Waals surface area contributed by atoms with E-state index in [4.69, 9.17) is 9.47 Å². The van der Waals surface area contributed by atoms with Gasteiger partial charge in [-0.2, -0.15) is 0 Å². The lowest BCUT2D eigenvalue weighted by Gasteiger charge is -2.13. The number of carbonyl (C=O) groups is 1. The molecule has 1 aromatic carbocycles. The lowest BCUT2D eigenvalue weighted by Crippen LogP contribution is -2.38. The number of ether oxygens (including phenoxy) is 2. The van der Waals surface area contributed by atoms with Crippen LogP contribution in [0.4, 0.5) is 0 Å². The van der Waals surface area contributed by atoms with Gasteiger partial charge in [0.1, 0.15) is 5.75 Å². The molecule has 1 N–H and O–H groups in total. The van der Waals surface area contributed by atoms with Crippen molar-refractivity contribution in [3.63, 3.8) is 0 Å². The number of rotatable bonds is 6. The molecule has 0 aromatic heterocycles. The van der Waals surface area contributed by atoms with E-state index in [1.165, 1.54) is 0 Å². The third-order valence-electron chi connectivity index (χ3n) is 2.21. The van der Waals surface area contributed by atoms with Crippen molar-refractivity contribution in [1.29, 1.82) is 0 Å². The summed E-state index contributed by atoms with van der Waals surface area (Å²) in [5.41, 5.74) is 1.16. The number of amides is 1. The van der Waals surface area contributed by atoms with Crippen LogP contribution in [-0.2, 0) is 9.53 Å². The van der Waals surface area contributed by atoms with E-state index in [9.17, 15) is 4.79 Å². The first-order chi connectivity index (χ1) is 8.11. The minimum absolute atomic E-state index is 0.00545. The SMILES string of the molecule is COC[C@@H](C)NC(=O)COc1ccc(C)cc1. The summed E-state index contributed by atoms with van der Waals surface area (Å²) < 4.78 is 10.3. The Morgan fingerprint density at radius 2 is 2.00 bits per heavy atom. The molecule has 0 aliphatic carbocycles. The summed E-state index contributed by atoms with van der Waals surface area (Å²) in [5.74, 6) is 0.556. The zero-order valence-corrected chi connectivity index (χ0v) is 10.5. The van der Waals surface area contributed by atoms with Crippen LogP contribution in [0.3, 0.4) is 0 Å². The van der Waals surface area contributed by atoms with Gasteiger partial charge in [-0.15, -0.1) is 0 Å². The van der Waals surface area contributed by atoms with Gasteiger partial charge in [-0.25, -0.2) is 0 Å². The van der Waals surface area contributed by atoms with Gasteiger partial charge in [-0.05, 0) is 26.0 Å². The molecule has 4 heteroatoms. The molecule has 1 aromatic rings. The van der Waals surface area contributed by atoms with Crippen LogP contribution in [0.5, 0.6) is 5.75 Å². The van der Waals surface area contributed by atoms with Crippen LogP contribution in [0.25, 0.3) is 0 Å². The Labute approximate surface area is 102 Å². The van der Waals surface area contributed by atoms with Gasteiger partial charge < -0.3 is 14.8 Å². The first-order valence-electron chi connectivity index (χ1n) is 5.59. The Morgan fingerprint density at radius 3 is 2.59 bits per heavy atom. The minimum atomic E-state index is -0.143. The zero-order chi connectivity index (χ0) is 12.7. The van der Waals surface area contributed by atoms with Crippen molar-refractivity contribution >= 4 is 5.91 Å². The van der Waals surface area contributed by atoms with Gasteiger partial charge in [0.15, 0.2) is 6.61 Å². The van der Waals surface area contributed by atoms with Crippen molar-refractivity contribution in [3.05, 3.63) is 29.8 Å². The van der Waals surface area contributed by atoms with Crippen molar-refractivity contribution in [2.24, 2.45) is 0 Å². The molecule has 1 amide bonds. The molecule has 4 nitrogen and oxygen atoms in total. The minimum Gasteiger partial charge on any atom is -0.484 e. The second-order valence-corrected chi connectivity index (χ2v) is 4.03. The van der Waals surface area contributed by atoms with E-state index in [1.807, 2.05) is 38.1 Å². The lowest BCUT2D eigenvalue weighted by atomic mass is 10.2. The van der Waals surface area contributed by atoms with E-state index in [0.29, 0.717) is 12.4 Å². The molecule has 1 rings (SSSR count).